The Labute approximate surface area is 131 Å². The van der Waals surface area contributed by atoms with Crippen LogP contribution in [0.5, 0.6) is 0 Å². The van der Waals surface area contributed by atoms with Gasteiger partial charge >= 0.3 is 0 Å². The molecule has 0 saturated carbocycles. The van der Waals surface area contributed by atoms with Gasteiger partial charge in [0.25, 0.3) is 0 Å². The first-order valence-corrected chi connectivity index (χ1v) is 8.12. The predicted octanol–water partition coefficient (Wildman–Crippen LogP) is 2.96. The van der Waals surface area contributed by atoms with Crippen LogP contribution in [0.4, 0.5) is 0 Å². The van der Waals surface area contributed by atoms with E-state index in [0.717, 1.165) is 26.2 Å². The maximum atomic E-state index is 3.48. The molecular formula is C18H33N3. The number of nitrogens with zero attached hydrogens (tertiary/aromatic N) is 2. The van der Waals surface area contributed by atoms with Crippen LogP contribution in [0.1, 0.15) is 38.8 Å². The maximum Gasteiger partial charge on any atom is 0.0237 e. The Balaban J connectivity index is 2.65. The molecule has 1 unspecified atom stereocenters. The lowest BCUT2D eigenvalue weighted by atomic mass is 10.1. The van der Waals surface area contributed by atoms with Crippen LogP contribution in [-0.2, 0) is 13.1 Å². The van der Waals surface area contributed by atoms with Gasteiger partial charge in [0.05, 0.1) is 0 Å². The molecule has 0 aliphatic carbocycles. The van der Waals surface area contributed by atoms with Crippen molar-refractivity contribution in [2.24, 2.45) is 0 Å². The molecule has 3 heteroatoms. The Morgan fingerprint density at radius 1 is 1.10 bits per heavy atom. The van der Waals surface area contributed by atoms with Crippen LogP contribution in [0.15, 0.2) is 24.3 Å². The van der Waals surface area contributed by atoms with Gasteiger partial charge in [-0.2, -0.15) is 0 Å². The van der Waals surface area contributed by atoms with Gasteiger partial charge in [0, 0.05) is 31.7 Å². The Hall–Kier alpha value is -0.900. The fourth-order valence-corrected chi connectivity index (χ4v) is 2.62. The molecule has 0 aromatic heterocycles. The maximum absolute atomic E-state index is 3.48. The Kier molecular flexibility index (Phi) is 7.94. The first kappa shape index (κ1) is 18.1. The number of rotatable bonds is 9. The van der Waals surface area contributed by atoms with Crippen molar-refractivity contribution in [3.05, 3.63) is 35.4 Å². The van der Waals surface area contributed by atoms with Crippen LogP contribution in [0.2, 0.25) is 0 Å². The Morgan fingerprint density at radius 3 is 2.33 bits per heavy atom. The van der Waals surface area contributed by atoms with E-state index in [1.54, 1.807) is 0 Å². The molecule has 1 rings (SSSR count). The second-order valence-corrected chi connectivity index (χ2v) is 6.53. The lowest BCUT2D eigenvalue weighted by Crippen LogP contribution is -2.39. The summed E-state index contributed by atoms with van der Waals surface area (Å²) in [5.41, 5.74) is 2.78. The van der Waals surface area contributed by atoms with Crippen molar-refractivity contribution < 1.29 is 0 Å². The molecule has 21 heavy (non-hydrogen) atoms. The van der Waals surface area contributed by atoms with Gasteiger partial charge in [0.15, 0.2) is 0 Å². The second kappa shape index (κ2) is 9.19. The highest BCUT2D eigenvalue weighted by Crippen LogP contribution is 2.11. The minimum absolute atomic E-state index is 0.529. The van der Waals surface area contributed by atoms with Gasteiger partial charge in [-0.05, 0) is 38.7 Å². The molecule has 0 heterocycles. The lowest BCUT2D eigenvalue weighted by Gasteiger charge is -2.30. The quantitative estimate of drug-likeness (QED) is 0.754. The molecule has 1 aromatic rings. The van der Waals surface area contributed by atoms with Crippen molar-refractivity contribution in [1.82, 2.24) is 15.1 Å². The van der Waals surface area contributed by atoms with Crippen LogP contribution in [0.3, 0.4) is 0 Å². The average Bonchev–Trinajstić information content (AvgIpc) is 2.42. The molecular weight excluding hydrogens is 258 g/mol. The zero-order chi connectivity index (χ0) is 15.8. The van der Waals surface area contributed by atoms with Gasteiger partial charge in [0.1, 0.15) is 0 Å². The molecule has 3 nitrogen and oxygen atoms in total. The summed E-state index contributed by atoms with van der Waals surface area (Å²) in [6, 6.07) is 10.1. The minimum atomic E-state index is 0.529. The van der Waals surface area contributed by atoms with Crippen molar-refractivity contribution in [2.45, 2.75) is 52.9 Å². The van der Waals surface area contributed by atoms with E-state index in [-0.39, 0.29) is 0 Å². The third-order valence-electron chi connectivity index (χ3n) is 3.75. The van der Waals surface area contributed by atoms with Crippen LogP contribution in [0.25, 0.3) is 0 Å². The summed E-state index contributed by atoms with van der Waals surface area (Å²) in [5, 5.41) is 3.48. The average molecular weight is 291 g/mol. The first-order chi connectivity index (χ1) is 9.92. The van der Waals surface area contributed by atoms with E-state index in [1.165, 1.54) is 11.1 Å². The molecule has 0 saturated heterocycles. The molecule has 0 aliphatic heterocycles. The highest BCUT2D eigenvalue weighted by molar-refractivity contribution is 5.23. The largest absolute Gasteiger partial charge is 0.310 e. The summed E-state index contributed by atoms with van der Waals surface area (Å²) in [6.07, 6.45) is 0. The number of hydrogen-bond donors (Lipinski definition) is 1. The monoisotopic (exact) mass is 291 g/mol. The lowest BCUT2D eigenvalue weighted by molar-refractivity contribution is 0.174. The fourth-order valence-electron chi connectivity index (χ4n) is 2.62. The van der Waals surface area contributed by atoms with Crippen LogP contribution >= 0.6 is 0 Å². The third kappa shape index (κ3) is 7.07. The smallest absolute Gasteiger partial charge is 0.0237 e. The van der Waals surface area contributed by atoms with Crippen molar-refractivity contribution in [2.75, 3.05) is 27.2 Å². The second-order valence-electron chi connectivity index (χ2n) is 6.53. The zero-order valence-corrected chi connectivity index (χ0v) is 14.7. The first-order valence-electron chi connectivity index (χ1n) is 8.12. The fraction of sp³-hybridized carbons (Fsp3) is 0.667. The third-order valence-corrected chi connectivity index (χ3v) is 3.75. The highest BCUT2D eigenvalue weighted by atomic mass is 15.2. The number of nitrogens with one attached hydrogen (secondary N) is 1. The van der Waals surface area contributed by atoms with Gasteiger partial charge in [-0.15, -0.1) is 0 Å². The molecule has 1 aromatic carbocycles. The van der Waals surface area contributed by atoms with Gasteiger partial charge in [-0.3, -0.25) is 4.90 Å². The Morgan fingerprint density at radius 2 is 1.76 bits per heavy atom. The molecule has 1 N–H and O–H groups in total. The molecule has 0 fully saturated rings. The predicted molar refractivity (Wildman–Crippen MR) is 92.5 cm³/mol. The van der Waals surface area contributed by atoms with E-state index in [2.05, 4.69) is 81.2 Å². The van der Waals surface area contributed by atoms with E-state index in [0.29, 0.717) is 12.1 Å². The SMILES string of the molecule is CCN(Cc1cccc(CNC(C)C)c1)C(C)CN(C)C. The van der Waals surface area contributed by atoms with Crippen molar-refractivity contribution in [3.63, 3.8) is 0 Å². The summed E-state index contributed by atoms with van der Waals surface area (Å²) < 4.78 is 0. The van der Waals surface area contributed by atoms with E-state index >= 15 is 0 Å². The Bertz CT molecular complexity index is 401. The van der Waals surface area contributed by atoms with E-state index in [4.69, 9.17) is 0 Å². The summed E-state index contributed by atoms with van der Waals surface area (Å²) in [6.45, 7) is 13.1. The molecule has 120 valence electrons. The van der Waals surface area contributed by atoms with Crippen LogP contribution < -0.4 is 5.32 Å². The molecule has 1 atom stereocenters. The van der Waals surface area contributed by atoms with Crippen molar-refractivity contribution in [1.29, 1.82) is 0 Å². The molecule has 0 aliphatic rings. The summed E-state index contributed by atoms with van der Waals surface area (Å²) in [7, 11) is 4.28. The van der Waals surface area contributed by atoms with Crippen LogP contribution in [0, 0.1) is 0 Å². The molecule has 0 amide bonds. The standard InChI is InChI=1S/C18H33N3/c1-7-21(16(4)13-20(5)6)14-18-10-8-9-17(11-18)12-19-15(2)3/h8-11,15-16,19H,7,12-14H2,1-6H3. The number of likely N-dealkylation sites (N-methyl/N-ethyl adjacent to an activating group) is 2. The van der Waals surface area contributed by atoms with Crippen molar-refractivity contribution in [3.8, 4) is 0 Å². The molecule has 0 bridgehead atoms. The topological polar surface area (TPSA) is 18.5 Å². The summed E-state index contributed by atoms with van der Waals surface area (Å²) in [5.74, 6) is 0. The van der Waals surface area contributed by atoms with Crippen LogP contribution in [-0.4, -0.2) is 49.1 Å². The zero-order valence-electron chi connectivity index (χ0n) is 14.7. The molecule has 0 radical (unpaired) electrons. The van der Waals surface area contributed by atoms with Gasteiger partial charge < -0.3 is 10.2 Å². The van der Waals surface area contributed by atoms with E-state index in [9.17, 15) is 0 Å². The normalized spacial score (nSPS) is 13.4. The van der Waals surface area contributed by atoms with Gasteiger partial charge in [-0.25, -0.2) is 0 Å². The van der Waals surface area contributed by atoms with Gasteiger partial charge in [-0.1, -0.05) is 45.0 Å². The molecule has 0 spiro atoms. The minimum Gasteiger partial charge on any atom is -0.310 e. The van der Waals surface area contributed by atoms with E-state index < -0.39 is 0 Å². The van der Waals surface area contributed by atoms with E-state index in [1.807, 2.05) is 0 Å². The number of benzene rings is 1. The highest BCUT2D eigenvalue weighted by Gasteiger charge is 2.13. The number of hydrogen-bond acceptors (Lipinski definition) is 3. The van der Waals surface area contributed by atoms with Crippen molar-refractivity contribution >= 4 is 0 Å². The summed E-state index contributed by atoms with van der Waals surface area (Å²) >= 11 is 0. The summed E-state index contributed by atoms with van der Waals surface area (Å²) in [4.78, 5) is 4.80. The van der Waals surface area contributed by atoms with Gasteiger partial charge in [0.2, 0.25) is 0 Å².